The lowest BCUT2D eigenvalue weighted by atomic mass is 10.1. The predicted molar refractivity (Wildman–Crippen MR) is 110 cm³/mol. The lowest BCUT2D eigenvalue weighted by Gasteiger charge is -2.04. The van der Waals surface area contributed by atoms with E-state index in [9.17, 15) is 0 Å². The molecular weight excluding hydrogens is 312 g/mol. The average molecular weight is 349 g/mol. The van der Waals surface area contributed by atoms with Crippen molar-refractivity contribution >= 4 is 11.8 Å². The highest BCUT2D eigenvalue weighted by Gasteiger charge is 1.95. The minimum Gasteiger partial charge on any atom is -0.377 e. The van der Waals surface area contributed by atoms with Gasteiger partial charge in [-0.3, -0.25) is 0 Å². The quantitative estimate of drug-likeness (QED) is 0.234. The molecule has 0 radical (unpaired) electrons. The Kier molecular flexibility index (Phi) is 15.2. The van der Waals surface area contributed by atoms with Gasteiger partial charge in [-0.15, -0.1) is 0 Å². The van der Waals surface area contributed by atoms with Crippen molar-refractivity contribution in [3.63, 3.8) is 0 Å². The van der Waals surface area contributed by atoms with Crippen molar-refractivity contribution in [2.24, 2.45) is 0 Å². The third kappa shape index (κ3) is 13.7. The first-order valence-corrected chi connectivity index (χ1v) is 10.9. The monoisotopic (exact) mass is 348 g/mol. The third-order valence-electron chi connectivity index (χ3n) is 4.14. The molecule has 0 saturated carbocycles. The fraction of sp³-hybridized carbons (Fsp3) is 0.636. The van der Waals surface area contributed by atoms with Gasteiger partial charge in [0.2, 0.25) is 0 Å². The maximum Gasteiger partial charge on any atom is 0.0647 e. The summed E-state index contributed by atoms with van der Waals surface area (Å²) in [7, 11) is 0. The van der Waals surface area contributed by atoms with E-state index >= 15 is 0 Å². The molecule has 1 rings (SSSR count). The van der Waals surface area contributed by atoms with Gasteiger partial charge in [0.25, 0.3) is 0 Å². The van der Waals surface area contributed by atoms with Crippen molar-refractivity contribution in [3.8, 4) is 0 Å². The number of thioether (sulfide) groups is 1. The predicted octanol–water partition coefficient (Wildman–Crippen LogP) is 7.02. The van der Waals surface area contributed by atoms with E-state index in [1.165, 1.54) is 74.9 Å². The SMILES string of the molecule is C/C=C/COCCCCCCCCCCCSCc1ccccc1. The van der Waals surface area contributed by atoms with Crippen molar-refractivity contribution in [2.75, 3.05) is 19.0 Å². The Morgan fingerprint density at radius 1 is 0.833 bits per heavy atom. The highest BCUT2D eigenvalue weighted by Crippen LogP contribution is 2.15. The molecule has 0 aliphatic carbocycles. The second-order valence-electron chi connectivity index (χ2n) is 6.36. The molecule has 0 atom stereocenters. The number of allylic oxidation sites excluding steroid dienone is 1. The van der Waals surface area contributed by atoms with Crippen LogP contribution >= 0.6 is 11.8 Å². The molecule has 0 unspecified atom stereocenters. The van der Waals surface area contributed by atoms with Crippen LogP contribution in [0.5, 0.6) is 0 Å². The van der Waals surface area contributed by atoms with Gasteiger partial charge in [0.05, 0.1) is 6.61 Å². The van der Waals surface area contributed by atoms with Gasteiger partial charge >= 0.3 is 0 Å². The smallest absolute Gasteiger partial charge is 0.0647 e. The number of hydrogen-bond acceptors (Lipinski definition) is 2. The average Bonchev–Trinajstić information content (AvgIpc) is 2.62. The standard InChI is InChI=1S/C22H36OS/c1-2-3-18-23-19-14-9-7-5-4-6-8-10-15-20-24-21-22-16-12-11-13-17-22/h2-3,11-13,16-17H,4-10,14-15,18-21H2,1H3/b3-2+. The summed E-state index contributed by atoms with van der Waals surface area (Å²) in [6.07, 6.45) is 16.5. The summed E-state index contributed by atoms with van der Waals surface area (Å²) in [6.45, 7) is 3.73. The summed E-state index contributed by atoms with van der Waals surface area (Å²) < 4.78 is 5.51. The van der Waals surface area contributed by atoms with Crippen LogP contribution in [-0.4, -0.2) is 19.0 Å². The van der Waals surface area contributed by atoms with Crippen molar-refractivity contribution < 1.29 is 4.74 Å². The van der Waals surface area contributed by atoms with E-state index < -0.39 is 0 Å². The van der Waals surface area contributed by atoms with Crippen LogP contribution in [0.3, 0.4) is 0 Å². The minimum atomic E-state index is 0.778. The van der Waals surface area contributed by atoms with Gasteiger partial charge in [0.15, 0.2) is 0 Å². The molecule has 136 valence electrons. The van der Waals surface area contributed by atoms with Crippen LogP contribution in [0.2, 0.25) is 0 Å². The molecule has 1 aromatic carbocycles. The van der Waals surface area contributed by atoms with Gasteiger partial charge in [0.1, 0.15) is 0 Å². The van der Waals surface area contributed by atoms with Gasteiger partial charge < -0.3 is 4.74 Å². The lowest BCUT2D eigenvalue weighted by Crippen LogP contribution is -1.94. The first-order chi connectivity index (χ1) is 11.9. The summed E-state index contributed by atoms with van der Waals surface area (Å²) in [5.41, 5.74) is 1.45. The maximum absolute atomic E-state index is 5.51. The lowest BCUT2D eigenvalue weighted by molar-refractivity contribution is 0.157. The van der Waals surface area contributed by atoms with Crippen molar-refractivity contribution in [2.45, 2.75) is 70.5 Å². The molecule has 1 nitrogen and oxygen atoms in total. The highest BCUT2D eigenvalue weighted by atomic mass is 32.2. The number of unbranched alkanes of at least 4 members (excludes halogenated alkanes) is 8. The summed E-state index contributed by atoms with van der Waals surface area (Å²) in [6, 6.07) is 10.8. The normalized spacial score (nSPS) is 11.4. The van der Waals surface area contributed by atoms with Crippen molar-refractivity contribution in [1.29, 1.82) is 0 Å². The van der Waals surface area contributed by atoms with Gasteiger partial charge in [0, 0.05) is 12.4 Å². The van der Waals surface area contributed by atoms with Gasteiger partial charge in [-0.2, -0.15) is 11.8 Å². The van der Waals surface area contributed by atoms with E-state index in [0.29, 0.717) is 0 Å². The van der Waals surface area contributed by atoms with Crippen molar-refractivity contribution in [3.05, 3.63) is 48.0 Å². The van der Waals surface area contributed by atoms with Crippen LogP contribution < -0.4 is 0 Å². The number of benzene rings is 1. The summed E-state index contributed by atoms with van der Waals surface area (Å²) in [5, 5.41) is 0. The van der Waals surface area contributed by atoms with Gasteiger partial charge in [-0.25, -0.2) is 0 Å². The van der Waals surface area contributed by atoms with E-state index in [4.69, 9.17) is 4.74 Å². The molecule has 24 heavy (non-hydrogen) atoms. The molecule has 0 aliphatic rings. The Bertz CT molecular complexity index is 388. The molecule has 0 heterocycles. The van der Waals surface area contributed by atoms with Crippen LogP contribution in [0.15, 0.2) is 42.5 Å². The topological polar surface area (TPSA) is 9.23 Å². The van der Waals surface area contributed by atoms with Crippen LogP contribution in [0.25, 0.3) is 0 Å². The highest BCUT2D eigenvalue weighted by molar-refractivity contribution is 7.98. The second-order valence-corrected chi connectivity index (χ2v) is 7.47. The fourth-order valence-corrected chi connectivity index (χ4v) is 3.64. The maximum atomic E-state index is 5.51. The number of rotatable bonds is 16. The van der Waals surface area contributed by atoms with E-state index in [1.807, 2.05) is 13.0 Å². The Morgan fingerprint density at radius 3 is 2.12 bits per heavy atom. The van der Waals surface area contributed by atoms with Crippen molar-refractivity contribution in [1.82, 2.24) is 0 Å². The van der Waals surface area contributed by atoms with Crippen LogP contribution in [-0.2, 0) is 10.5 Å². The Morgan fingerprint density at radius 2 is 1.46 bits per heavy atom. The minimum absolute atomic E-state index is 0.778. The summed E-state index contributed by atoms with van der Waals surface area (Å²) >= 11 is 2.07. The molecule has 0 fully saturated rings. The Balaban J connectivity index is 1.72. The van der Waals surface area contributed by atoms with Crippen LogP contribution in [0.1, 0.15) is 70.3 Å². The van der Waals surface area contributed by atoms with E-state index in [0.717, 1.165) is 13.2 Å². The first kappa shape index (κ1) is 21.3. The third-order valence-corrected chi connectivity index (χ3v) is 5.25. The molecule has 0 N–H and O–H groups in total. The molecule has 0 aromatic heterocycles. The van der Waals surface area contributed by atoms with E-state index in [1.54, 1.807) is 0 Å². The number of hydrogen-bond donors (Lipinski definition) is 0. The van der Waals surface area contributed by atoms with Crippen LogP contribution in [0.4, 0.5) is 0 Å². The Hall–Kier alpha value is -0.730. The fourth-order valence-electron chi connectivity index (χ4n) is 2.66. The molecule has 2 heteroatoms. The van der Waals surface area contributed by atoms with Gasteiger partial charge in [-0.05, 0) is 31.1 Å². The molecule has 0 bridgehead atoms. The zero-order chi connectivity index (χ0) is 17.1. The summed E-state index contributed by atoms with van der Waals surface area (Å²) in [4.78, 5) is 0. The number of ether oxygens (including phenoxy) is 1. The molecule has 0 aliphatic heterocycles. The van der Waals surface area contributed by atoms with E-state index in [2.05, 4.69) is 48.2 Å². The van der Waals surface area contributed by atoms with E-state index in [-0.39, 0.29) is 0 Å². The molecule has 0 spiro atoms. The Labute approximate surface area is 154 Å². The molecule has 1 aromatic rings. The zero-order valence-corrected chi connectivity index (χ0v) is 16.4. The largest absolute Gasteiger partial charge is 0.377 e. The molecule has 0 saturated heterocycles. The van der Waals surface area contributed by atoms with Gasteiger partial charge in [-0.1, -0.05) is 87.4 Å². The molecule has 0 amide bonds. The first-order valence-electron chi connectivity index (χ1n) is 9.74. The zero-order valence-electron chi connectivity index (χ0n) is 15.6. The molecular formula is C22H36OS. The second kappa shape index (κ2) is 17.1. The van der Waals surface area contributed by atoms with Crippen LogP contribution in [0, 0.1) is 0 Å². The summed E-state index contributed by atoms with van der Waals surface area (Å²) in [5.74, 6) is 2.47.